The van der Waals surface area contributed by atoms with E-state index in [0.29, 0.717) is 12.8 Å². The molecule has 0 bridgehead atoms. The zero-order valence-electron chi connectivity index (χ0n) is 15.4. The first kappa shape index (κ1) is 18.4. The molecule has 1 atom stereocenters. The molecule has 1 aliphatic heterocycles. The second kappa shape index (κ2) is 9.34. The summed E-state index contributed by atoms with van der Waals surface area (Å²) in [6, 6.07) is 12.2. The third-order valence-electron chi connectivity index (χ3n) is 4.81. The fraction of sp³-hybridized carbons (Fsp3) is 0.429. The summed E-state index contributed by atoms with van der Waals surface area (Å²) in [4.78, 5) is 18.9. The number of methoxy groups -OCH3 is 1. The van der Waals surface area contributed by atoms with Crippen molar-refractivity contribution in [3.63, 3.8) is 0 Å². The zero-order chi connectivity index (χ0) is 18.2. The minimum atomic E-state index is 0.115. The first-order valence-electron chi connectivity index (χ1n) is 9.27. The minimum Gasteiger partial charge on any atom is -0.496 e. The molecule has 0 radical (unpaired) electrons. The normalized spacial score (nSPS) is 17.7. The van der Waals surface area contributed by atoms with Gasteiger partial charge in [-0.25, -0.2) is 0 Å². The Bertz CT molecular complexity index is 705. The number of aromatic nitrogens is 1. The smallest absolute Gasteiger partial charge is 0.220 e. The van der Waals surface area contributed by atoms with Crippen molar-refractivity contribution in [1.82, 2.24) is 15.2 Å². The lowest BCUT2D eigenvalue weighted by atomic mass is 10.0. The highest BCUT2D eigenvalue weighted by Gasteiger charge is 2.21. The van der Waals surface area contributed by atoms with E-state index >= 15 is 0 Å². The van der Waals surface area contributed by atoms with Gasteiger partial charge >= 0.3 is 0 Å². The van der Waals surface area contributed by atoms with Gasteiger partial charge in [0, 0.05) is 37.9 Å². The van der Waals surface area contributed by atoms with Crippen molar-refractivity contribution in [3.05, 3.63) is 59.9 Å². The first-order chi connectivity index (χ1) is 12.7. The number of likely N-dealkylation sites (tertiary alicyclic amines) is 1. The van der Waals surface area contributed by atoms with Crippen molar-refractivity contribution >= 4 is 5.91 Å². The Morgan fingerprint density at radius 3 is 3.00 bits per heavy atom. The van der Waals surface area contributed by atoms with Crippen LogP contribution in [0, 0.1) is 0 Å². The summed E-state index contributed by atoms with van der Waals surface area (Å²) in [5.41, 5.74) is 2.29. The Morgan fingerprint density at radius 1 is 1.31 bits per heavy atom. The van der Waals surface area contributed by atoms with Crippen LogP contribution >= 0.6 is 0 Å². The standard InChI is InChI=1S/C21H27N3O2/c1-26-20-9-3-2-7-18(20)10-11-21(25)23-19-8-5-13-24(16-19)15-17-6-4-12-22-14-17/h2-4,6-7,9,12,14,19H,5,8,10-11,13,15-16H2,1H3,(H,23,25)/t19-/m0/s1. The summed E-state index contributed by atoms with van der Waals surface area (Å²) in [7, 11) is 1.66. The van der Waals surface area contributed by atoms with Crippen LogP contribution in [0.2, 0.25) is 0 Å². The Labute approximate surface area is 155 Å². The maximum atomic E-state index is 12.4. The lowest BCUT2D eigenvalue weighted by Gasteiger charge is -2.33. The van der Waals surface area contributed by atoms with Crippen LogP contribution < -0.4 is 10.1 Å². The number of carbonyl (C=O) groups is 1. The number of hydrogen-bond donors (Lipinski definition) is 1. The van der Waals surface area contributed by atoms with Crippen LogP contribution in [0.15, 0.2) is 48.8 Å². The predicted octanol–water partition coefficient (Wildman–Crippen LogP) is 2.80. The SMILES string of the molecule is COc1ccccc1CCC(=O)N[C@H]1CCCN(Cc2cccnc2)C1. The number of carbonyl (C=O) groups excluding carboxylic acids is 1. The first-order valence-corrected chi connectivity index (χ1v) is 9.27. The maximum absolute atomic E-state index is 12.4. The molecule has 3 rings (SSSR count). The van der Waals surface area contributed by atoms with E-state index in [2.05, 4.69) is 21.3 Å². The number of nitrogens with one attached hydrogen (secondary N) is 1. The molecule has 0 aliphatic carbocycles. The van der Waals surface area contributed by atoms with Crippen molar-refractivity contribution in [3.8, 4) is 5.75 Å². The Balaban J connectivity index is 1.46. The fourth-order valence-corrected chi connectivity index (χ4v) is 3.52. The molecule has 0 unspecified atom stereocenters. The number of hydrogen-bond acceptors (Lipinski definition) is 4. The number of para-hydroxylation sites is 1. The molecule has 138 valence electrons. The van der Waals surface area contributed by atoms with E-state index in [4.69, 9.17) is 4.74 Å². The van der Waals surface area contributed by atoms with Gasteiger partial charge in [-0.3, -0.25) is 14.7 Å². The number of rotatable bonds is 7. The predicted molar refractivity (Wildman–Crippen MR) is 102 cm³/mol. The molecule has 0 saturated carbocycles. The van der Waals surface area contributed by atoms with Crippen LogP contribution in [0.4, 0.5) is 0 Å². The van der Waals surface area contributed by atoms with Gasteiger partial charge in [-0.15, -0.1) is 0 Å². The number of aryl methyl sites for hydroxylation is 1. The summed E-state index contributed by atoms with van der Waals surface area (Å²) in [5, 5.41) is 3.21. The largest absolute Gasteiger partial charge is 0.496 e. The van der Waals surface area contributed by atoms with Gasteiger partial charge in [0.05, 0.1) is 7.11 Å². The zero-order valence-corrected chi connectivity index (χ0v) is 15.4. The number of ether oxygens (including phenoxy) is 1. The van der Waals surface area contributed by atoms with Crippen LogP contribution in [-0.2, 0) is 17.8 Å². The molecule has 0 spiro atoms. The van der Waals surface area contributed by atoms with E-state index in [1.54, 1.807) is 13.3 Å². The highest BCUT2D eigenvalue weighted by Crippen LogP contribution is 2.19. The summed E-state index contributed by atoms with van der Waals surface area (Å²) >= 11 is 0. The molecule has 1 amide bonds. The van der Waals surface area contributed by atoms with E-state index in [1.807, 2.05) is 36.5 Å². The molecule has 26 heavy (non-hydrogen) atoms. The van der Waals surface area contributed by atoms with E-state index in [9.17, 15) is 4.79 Å². The fourth-order valence-electron chi connectivity index (χ4n) is 3.52. The summed E-state index contributed by atoms with van der Waals surface area (Å²) in [6.45, 7) is 2.86. The second-order valence-corrected chi connectivity index (χ2v) is 6.81. The number of benzene rings is 1. The number of piperidine rings is 1. The van der Waals surface area contributed by atoms with Gasteiger partial charge in [-0.2, -0.15) is 0 Å². The molecular weight excluding hydrogens is 326 g/mol. The summed E-state index contributed by atoms with van der Waals surface area (Å²) in [5.74, 6) is 0.963. The number of pyridine rings is 1. The monoisotopic (exact) mass is 353 g/mol. The lowest BCUT2D eigenvalue weighted by molar-refractivity contribution is -0.122. The molecule has 1 aliphatic rings. The third-order valence-corrected chi connectivity index (χ3v) is 4.81. The highest BCUT2D eigenvalue weighted by atomic mass is 16.5. The Kier molecular flexibility index (Phi) is 6.61. The molecule has 2 heterocycles. The van der Waals surface area contributed by atoms with Crippen molar-refractivity contribution in [1.29, 1.82) is 0 Å². The Hall–Kier alpha value is -2.40. The van der Waals surface area contributed by atoms with Crippen LogP contribution in [0.5, 0.6) is 5.75 Å². The summed E-state index contributed by atoms with van der Waals surface area (Å²) < 4.78 is 5.35. The van der Waals surface area contributed by atoms with Crippen molar-refractivity contribution in [2.75, 3.05) is 20.2 Å². The van der Waals surface area contributed by atoms with Gasteiger partial charge < -0.3 is 10.1 Å². The molecule has 1 saturated heterocycles. The van der Waals surface area contributed by atoms with Crippen LogP contribution in [-0.4, -0.2) is 42.0 Å². The lowest BCUT2D eigenvalue weighted by Crippen LogP contribution is -2.47. The molecule has 1 aromatic heterocycles. The quantitative estimate of drug-likeness (QED) is 0.832. The average molecular weight is 353 g/mol. The van der Waals surface area contributed by atoms with E-state index < -0.39 is 0 Å². The Morgan fingerprint density at radius 2 is 2.19 bits per heavy atom. The minimum absolute atomic E-state index is 0.115. The molecule has 1 fully saturated rings. The van der Waals surface area contributed by atoms with Crippen LogP contribution in [0.3, 0.4) is 0 Å². The van der Waals surface area contributed by atoms with Crippen LogP contribution in [0.1, 0.15) is 30.4 Å². The van der Waals surface area contributed by atoms with Gasteiger partial charge in [0.15, 0.2) is 0 Å². The molecule has 5 nitrogen and oxygen atoms in total. The average Bonchev–Trinajstić information content (AvgIpc) is 2.67. The van der Waals surface area contributed by atoms with Gasteiger partial charge in [-0.05, 0) is 49.1 Å². The van der Waals surface area contributed by atoms with Crippen molar-refractivity contribution in [2.24, 2.45) is 0 Å². The topological polar surface area (TPSA) is 54.5 Å². The second-order valence-electron chi connectivity index (χ2n) is 6.81. The van der Waals surface area contributed by atoms with E-state index in [0.717, 1.165) is 43.8 Å². The number of nitrogens with zero attached hydrogens (tertiary/aromatic N) is 2. The van der Waals surface area contributed by atoms with Gasteiger partial charge in [-0.1, -0.05) is 24.3 Å². The van der Waals surface area contributed by atoms with E-state index in [-0.39, 0.29) is 11.9 Å². The van der Waals surface area contributed by atoms with Gasteiger partial charge in [0.1, 0.15) is 5.75 Å². The third kappa shape index (κ3) is 5.30. The molecular formula is C21H27N3O2. The summed E-state index contributed by atoms with van der Waals surface area (Å²) in [6.07, 6.45) is 7.04. The molecule has 2 aromatic rings. The van der Waals surface area contributed by atoms with Crippen molar-refractivity contribution in [2.45, 2.75) is 38.3 Å². The van der Waals surface area contributed by atoms with Crippen molar-refractivity contribution < 1.29 is 9.53 Å². The molecule has 1 aromatic carbocycles. The molecule has 5 heteroatoms. The van der Waals surface area contributed by atoms with E-state index in [1.165, 1.54) is 5.56 Å². The van der Waals surface area contributed by atoms with Gasteiger partial charge in [0.25, 0.3) is 0 Å². The molecule has 1 N–H and O–H groups in total. The maximum Gasteiger partial charge on any atom is 0.220 e. The van der Waals surface area contributed by atoms with Gasteiger partial charge in [0.2, 0.25) is 5.91 Å². The number of amides is 1. The highest BCUT2D eigenvalue weighted by molar-refractivity contribution is 5.76. The van der Waals surface area contributed by atoms with Crippen LogP contribution in [0.25, 0.3) is 0 Å².